The van der Waals surface area contributed by atoms with Crippen molar-refractivity contribution < 1.29 is 4.42 Å². The highest BCUT2D eigenvalue weighted by molar-refractivity contribution is 6.14. The largest absolute Gasteiger partial charge is 0.456 e. The van der Waals surface area contributed by atoms with Gasteiger partial charge in [-0.15, -0.1) is 0 Å². The molecule has 0 spiro atoms. The van der Waals surface area contributed by atoms with E-state index in [-0.39, 0.29) is 23.7 Å². The van der Waals surface area contributed by atoms with Crippen molar-refractivity contribution in [3.63, 3.8) is 0 Å². The van der Waals surface area contributed by atoms with Crippen LogP contribution in [-0.2, 0) is 0 Å². The lowest BCUT2D eigenvalue weighted by Gasteiger charge is -2.23. The van der Waals surface area contributed by atoms with Crippen LogP contribution in [-0.4, -0.2) is 24.1 Å². The summed E-state index contributed by atoms with van der Waals surface area (Å²) >= 11 is 0. The van der Waals surface area contributed by atoms with E-state index >= 15 is 0 Å². The zero-order valence-corrected chi connectivity index (χ0v) is 39.3. The number of aromatic nitrogens is 5. The molecule has 0 N–H and O–H groups in total. The van der Waals surface area contributed by atoms with Crippen molar-refractivity contribution in [1.29, 1.82) is 0 Å². The molecular weight excluding hydrogens is 867 g/mol. The normalized spacial score (nSPS) is 17.8. The lowest BCUT2D eigenvalue weighted by molar-refractivity contribution is 0.563. The summed E-state index contributed by atoms with van der Waals surface area (Å²) in [5.41, 5.74) is 14.2. The summed E-state index contributed by atoms with van der Waals surface area (Å²) in [6.07, 6.45) is 17.3. The second kappa shape index (κ2) is 16.4. The van der Waals surface area contributed by atoms with Crippen molar-refractivity contribution in [1.82, 2.24) is 24.1 Å². The first-order valence-electron chi connectivity index (χ1n) is 24.7. The smallest absolute Gasteiger partial charge is 0.163 e. The zero-order chi connectivity index (χ0) is 47.2. The number of benzene rings is 8. The molecule has 4 heterocycles. The molecule has 0 saturated carbocycles. The maximum Gasteiger partial charge on any atom is 0.163 e. The highest BCUT2D eigenvalue weighted by Gasteiger charge is 2.26. The lowest BCUT2D eigenvalue weighted by atomic mass is 9.87. The third-order valence-electron chi connectivity index (χ3n) is 15.0. The van der Waals surface area contributed by atoms with Gasteiger partial charge in [0.25, 0.3) is 0 Å². The van der Waals surface area contributed by atoms with E-state index in [0.717, 1.165) is 67.2 Å². The molecule has 4 unspecified atom stereocenters. The third-order valence-corrected chi connectivity index (χ3v) is 15.0. The van der Waals surface area contributed by atoms with E-state index < -0.39 is 0 Å². The van der Waals surface area contributed by atoms with Crippen LogP contribution < -0.4 is 0 Å². The van der Waals surface area contributed by atoms with E-state index in [1.54, 1.807) is 0 Å². The van der Waals surface area contributed by atoms with E-state index in [1.807, 2.05) is 0 Å². The lowest BCUT2D eigenvalue weighted by Crippen LogP contribution is -2.18. The molecule has 2 aliphatic carbocycles. The number of hydrogen-bond acceptors (Lipinski definition) is 4. The number of fused-ring (bicyclic) bond motifs is 9. The second-order valence-electron chi connectivity index (χ2n) is 19.3. The minimum atomic E-state index is 0.0685. The fraction of sp³-hybridized carbons (Fsp3) is 0.0923. The quantitative estimate of drug-likeness (QED) is 0.160. The summed E-state index contributed by atoms with van der Waals surface area (Å²) < 4.78 is 11.4. The molecule has 0 bridgehead atoms. The van der Waals surface area contributed by atoms with Crippen LogP contribution in [0.15, 0.2) is 229 Å². The Morgan fingerprint density at radius 2 is 0.803 bits per heavy atom. The van der Waals surface area contributed by atoms with Crippen LogP contribution in [0.3, 0.4) is 0 Å². The number of rotatable bonds is 7. The molecule has 6 nitrogen and oxygen atoms in total. The van der Waals surface area contributed by atoms with Gasteiger partial charge in [-0.05, 0) is 125 Å². The second-order valence-corrected chi connectivity index (χ2v) is 19.3. The molecule has 6 heteroatoms. The minimum absolute atomic E-state index is 0.0685. The van der Waals surface area contributed by atoms with E-state index in [2.05, 4.69) is 248 Å². The fourth-order valence-electron chi connectivity index (χ4n) is 11.3. The summed E-state index contributed by atoms with van der Waals surface area (Å²) in [7, 11) is 0. The first-order valence-corrected chi connectivity index (χ1v) is 24.7. The summed E-state index contributed by atoms with van der Waals surface area (Å²) in [4.78, 5) is 15.4. The van der Waals surface area contributed by atoms with Crippen molar-refractivity contribution in [2.24, 2.45) is 11.8 Å². The van der Waals surface area contributed by atoms with Crippen molar-refractivity contribution in [3.05, 3.63) is 236 Å². The molecular formula is C65H47N5O. The Morgan fingerprint density at radius 3 is 1.35 bits per heavy atom. The highest BCUT2D eigenvalue weighted by Crippen LogP contribution is 2.42. The van der Waals surface area contributed by atoms with E-state index in [0.29, 0.717) is 5.82 Å². The van der Waals surface area contributed by atoms with Gasteiger partial charge in [0.1, 0.15) is 22.8 Å². The van der Waals surface area contributed by atoms with Gasteiger partial charge >= 0.3 is 0 Å². The zero-order valence-electron chi connectivity index (χ0n) is 39.3. The molecule has 0 saturated heterocycles. The van der Waals surface area contributed by atoms with Crippen molar-refractivity contribution in [3.8, 4) is 45.0 Å². The third kappa shape index (κ3) is 6.81. The molecule has 0 amide bonds. The number of allylic oxidation sites excluding steroid dienone is 8. The van der Waals surface area contributed by atoms with Crippen LogP contribution >= 0.6 is 0 Å². The molecule has 0 fully saturated rings. The van der Waals surface area contributed by atoms with Gasteiger partial charge in [0.05, 0.1) is 22.1 Å². The van der Waals surface area contributed by atoms with Crippen LogP contribution in [0.5, 0.6) is 0 Å². The minimum Gasteiger partial charge on any atom is -0.456 e. The summed E-state index contributed by atoms with van der Waals surface area (Å²) in [6, 6.07) is 63.8. The Balaban J connectivity index is 0.870. The monoisotopic (exact) mass is 913 g/mol. The molecule has 8 aromatic carbocycles. The van der Waals surface area contributed by atoms with Crippen LogP contribution in [0.1, 0.15) is 37.3 Å². The van der Waals surface area contributed by atoms with E-state index in [1.165, 1.54) is 49.2 Å². The SMILES string of the molecule is CC1C=CC=CC1c1nc(-c2ccc3c(c2)oc2ccc(-c4ccc5c(c4)c4cc(-c6ccc7c(c6)c6ccccc6n7-c6ccccc6)ccc4n5-c4ccccc4)cc23)nc(C2C=CC=CC2C)n1. The molecule has 71 heavy (non-hydrogen) atoms. The molecule has 14 rings (SSSR count). The average Bonchev–Trinajstić information content (AvgIpc) is 4.08. The fourth-order valence-corrected chi connectivity index (χ4v) is 11.3. The number of hydrogen-bond donors (Lipinski definition) is 0. The Kier molecular flexibility index (Phi) is 9.49. The molecule has 338 valence electrons. The van der Waals surface area contributed by atoms with Gasteiger partial charge in [-0.3, -0.25) is 0 Å². The summed E-state index contributed by atoms with van der Waals surface area (Å²) in [5, 5.41) is 7.01. The molecule has 4 atom stereocenters. The molecule has 2 aliphatic rings. The number of para-hydroxylation sites is 3. The molecule has 0 aliphatic heterocycles. The van der Waals surface area contributed by atoms with Crippen LogP contribution in [0, 0.1) is 11.8 Å². The number of furan rings is 1. The Bertz CT molecular complexity index is 4170. The van der Waals surface area contributed by atoms with Gasteiger partial charge in [0.15, 0.2) is 5.82 Å². The Hall–Kier alpha value is -8.87. The maximum atomic E-state index is 6.63. The van der Waals surface area contributed by atoms with Gasteiger partial charge in [-0.1, -0.05) is 147 Å². The Labute approximate surface area is 410 Å². The summed E-state index contributed by atoms with van der Waals surface area (Å²) in [6.45, 7) is 4.45. The standard InChI is InChI=1S/C65H47N5O/c1-40-15-9-11-21-49(40)64-66-63(67-65(68-64)50-22-12-10-16-41(50)2)46-25-30-52-56-38-45(29-34-61(56)71-62(52)39-46)44-28-33-60-55(37-44)54-36-43(27-32-59(54)70(60)48-19-7-4-8-20-48)42-26-31-58-53(35-42)51-23-13-14-24-57(51)69(58)47-17-5-3-6-18-47/h3-41,49-50H,1-2H3. The predicted octanol–water partition coefficient (Wildman–Crippen LogP) is 16.7. The molecule has 4 aromatic heterocycles. The predicted molar refractivity (Wildman–Crippen MR) is 292 cm³/mol. The van der Waals surface area contributed by atoms with Crippen molar-refractivity contribution >= 4 is 65.6 Å². The molecule has 0 radical (unpaired) electrons. The summed E-state index contributed by atoms with van der Waals surface area (Å²) in [5.74, 6) is 2.95. The maximum absolute atomic E-state index is 6.63. The van der Waals surface area contributed by atoms with Gasteiger partial charge in [0, 0.05) is 61.1 Å². The first kappa shape index (κ1) is 41.1. The topological polar surface area (TPSA) is 61.7 Å². The Morgan fingerprint density at radius 1 is 0.352 bits per heavy atom. The van der Waals surface area contributed by atoms with Crippen molar-refractivity contribution in [2.45, 2.75) is 25.7 Å². The average molecular weight is 914 g/mol. The van der Waals surface area contributed by atoms with Gasteiger partial charge in [-0.2, -0.15) is 0 Å². The highest BCUT2D eigenvalue weighted by atomic mass is 16.3. The van der Waals surface area contributed by atoms with E-state index in [4.69, 9.17) is 19.4 Å². The van der Waals surface area contributed by atoms with Gasteiger partial charge in [0.2, 0.25) is 0 Å². The first-order chi connectivity index (χ1) is 35.0. The van der Waals surface area contributed by atoms with Gasteiger partial charge in [-0.25, -0.2) is 15.0 Å². The van der Waals surface area contributed by atoms with E-state index in [9.17, 15) is 0 Å². The van der Waals surface area contributed by atoms with Crippen LogP contribution in [0.2, 0.25) is 0 Å². The van der Waals surface area contributed by atoms with Crippen LogP contribution in [0.25, 0.3) is 111 Å². The number of nitrogens with zero attached hydrogens (tertiary/aromatic N) is 5. The van der Waals surface area contributed by atoms with Crippen molar-refractivity contribution in [2.75, 3.05) is 0 Å². The molecule has 12 aromatic rings. The van der Waals surface area contributed by atoms with Gasteiger partial charge < -0.3 is 13.6 Å². The van der Waals surface area contributed by atoms with Crippen LogP contribution in [0.4, 0.5) is 0 Å².